The third kappa shape index (κ3) is 21.5. The number of ether oxygens (including phenoxy) is 4. The quantitative estimate of drug-likeness (QED) is 0.0406. The third-order valence-electron chi connectivity index (χ3n) is 9.90. The summed E-state index contributed by atoms with van der Waals surface area (Å²) in [6, 6.07) is 20.7. The van der Waals surface area contributed by atoms with Crippen molar-refractivity contribution in [2.24, 2.45) is 11.7 Å². The fraction of sp³-hybridized carbons (Fsp3) is 0.500. The molecule has 0 fully saturated rings. The molecule has 0 heterocycles. The Kier molecular flexibility index (Phi) is 21.6. The lowest BCUT2D eigenvalue weighted by Gasteiger charge is -2.33. The fourth-order valence-electron chi connectivity index (χ4n) is 6.65. The average Bonchev–Trinajstić information content (AvgIpc) is 3.24. The molecular formula is C50H70N6O11. The Morgan fingerprint density at radius 2 is 1.21 bits per heavy atom. The van der Waals surface area contributed by atoms with E-state index < -0.39 is 83.6 Å². The molecule has 6 amide bonds. The second-order valence-electron chi connectivity index (χ2n) is 18.7. The van der Waals surface area contributed by atoms with E-state index in [0.29, 0.717) is 30.8 Å². The number of carbonyl (C=O) groups excluding carboxylic acids is 7. The summed E-state index contributed by atoms with van der Waals surface area (Å²) in [5.41, 5.74) is 6.34. The topological polar surface area (TPSA) is 234 Å². The molecule has 0 bridgehead atoms. The summed E-state index contributed by atoms with van der Waals surface area (Å²) in [7, 11) is 1.41. The van der Waals surface area contributed by atoms with Crippen molar-refractivity contribution in [1.82, 2.24) is 26.2 Å². The van der Waals surface area contributed by atoms with E-state index in [2.05, 4.69) is 21.3 Å². The van der Waals surface area contributed by atoms with Gasteiger partial charge in [-0.3, -0.25) is 24.0 Å². The van der Waals surface area contributed by atoms with Crippen molar-refractivity contribution in [3.63, 3.8) is 0 Å². The van der Waals surface area contributed by atoms with Gasteiger partial charge in [0.1, 0.15) is 54.3 Å². The monoisotopic (exact) mass is 931 g/mol. The zero-order valence-electron chi connectivity index (χ0n) is 40.3. The Labute approximate surface area is 394 Å². The van der Waals surface area contributed by atoms with Gasteiger partial charge >= 0.3 is 18.2 Å². The molecule has 0 aliphatic rings. The Hall–Kier alpha value is -6.65. The summed E-state index contributed by atoms with van der Waals surface area (Å²) in [4.78, 5) is 94.8. The van der Waals surface area contributed by atoms with Crippen LogP contribution in [0.1, 0.15) is 104 Å². The highest BCUT2D eigenvalue weighted by Gasteiger charge is 2.36. The zero-order chi connectivity index (χ0) is 49.7. The van der Waals surface area contributed by atoms with Crippen LogP contribution in [0.3, 0.4) is 0 Å². The van der Waals surface area contributed by atoms with Crippen LogP contribution in [-0.4, -0.2) is 95.6 Å². The molecule has 0 unspecified atom stereocenters. The second kappa shape index (κ2) is 26.5. The molecule has 6 N–H and O–H groups in total. The second-order valence-corrected chi connectivity index (χ2v) is 18.7. The maximum atomic E-state index is 14.6. The van der Waals surface area contributed by atoms with Gasteiger partial charge in [0, 0.05) is 20.0 Å². The van der Waals surface area contributed by atoms with Crippen LogP contribution in [0.5, 0.6) is 5.75 Å². The molecule has 0 spiro atoms. The Morgan fingerprint density at radius 1 is 0.642 bits per heavy atom. The molecule has 0 aliphatic heterocycles. The number of hydrogen-bond acceptors (Lipinski definition) is 11. The minimum Gasteiger partial charge on any atom is -0.489 e. The van der Waals surface area contributed by atoms with E-state index in [4.69, 9.17) is 24.7 Å². The van der Waals surface area contributed by atoms with Crippen LogP contribution in [0.25, 0.3) is 0 Å². The van der Waals surface area contributed by atoms with E-state index >= 15 is 0 Å². The van der Waals surface area contributed by atoms with Crippen LogP contribution in [0.4, 0.5) is 9.59 Å². The lowest BCUT2D eigenvalue weighted by atomic mass is 9.98. The minimum absolute atomic E-state index is 0.0516. The predicted octanol–water partition coefficient (Wildman–Crippen LogP) is 5.86. The maximum Gasteiger partial charge on any atom is 0.408 e. The summed E-state index contributed by atoms with van der Waals surface area (Å²) in [5.74, 6) is -3.42. The van der Waals surface area contributed by atoms with Crippen LogP contribution < -0.4 is 31.7 Å². The minimum atomic E-state index is -1.47. The van der Waals surface area contributed by atoms with E-state index in [-0.39, 0.29) is 38.3 Å². The molecule has 3 aromatic rings. The first kappa shape index (κ1) is 54.7. The molecule has 0 saturated carbocycles. The number of unbranched alkanes of at least 4 members (excludes halogenated alkanes) is 1. The first-order valence-electron chi connectivity index (χ1n) is 22.6. The number of nitrogens with two attached hydrogens (primary N) is 1. The number of carbonyl (C=O) groups is 7. The van der Waals surface area contributed by atoms with Gasteiger partial charge in [0.05, 0.1) is 6.42 Å². The van der Waals surface area contributed by atoms with Crippen LogP contribution in [0.15, 0.2) is 84.9 Å². The molecule has 67 heavy (non-hydrogen) atoms. The van der Waals surface area contributed by atoms with Crippen molar-refractivity contribution in [1.29, 1.82) is 0 Å². The van der Waals surface area contributed by atoms with Crippen molar-refractivity contribution < 1.29 is 52.5 Å². The number of nitrogens with zero attached hydrogens (tertiary/aromatic N) is 1. The lowest BCUT2D eigenvalue weighted by molar-refractivity contribution is -0.156. The van der Waals surface area contributed by atoms with E-state index in [1.165, 1.54) is 11.9 Å². The highest BCUT2D eigenvalue weighted by Crippen LogP contribution is 2.19. The number of nitrogens with one attached hydrogen (secondary N) is 4. The highest BCUT2D eigenvalue weighted by atomic mass is 16.6. The van der Waals surface area contributed by atoms with Crippen molar-refractivity contribution in [3.05, 3.63) is 102 Å². The van der Waals surface area contributed by atoms with E-state index in [0.717, 1.165) is 11.1 Å². The third-order valence-corrected chi connectivity index (χ3v) is 9.90. The number of esters is 1. The van der Waals surface area contributed by atoms with Gasteiger partial charge < -0.3 is 50.8 Å². The molecule has 17 nitrogen and oxygen atoms in total. The van der Waals surface area contributed by atoms with Crippen molar-refractivity contribution in [2.45, 2.75) is 142 Å². The highest BCUT2D eigenvalue weighted by molar-refractivity contribution is 5.96. The van der Waals surface area contributed by atoms with Crippen LogP contribution in [0, 0.1) is 5.92 Å². The number of amides is 6. The zero-order valence-corrected chi connectivity index (χ0v) is 40.3. The average molecular weight is 931 g/mol. The molecule has 4 atom stereocenters. The van der Waals surface area contributed by atoms with Gasteiger partial charge in [-0.05, 0) is 102 Å². The maximum absolute atomic E-state index is 14.6. The summed E-state index contributed by atoms with van der Waals surface area (Å²) in [5, 5.41) is 10.7. The van der Waals surface area contributed by atoms with Gasteiger partial charge in [0.25, 0.3) is 0 Å². The summed E-state index contributed by atoms with van der Waals surface area (Å²) in [6.45, 7) is 14.4. The van der Waals surface area contributed by atoms with Gasteiger partial charge in [-0.25, -0.2) is 9.59 Å². The van der Waals surface area contributed by atoms with Gasteiger partial charge in [0.15, 0.2) is 0 Å². The lowest BCUT2D eigenvalue weighted by Crippen LogP contribution is -2.59. The number of primary amides is 1. The fourth-order valence-corrected chi connectivity index (χ4v) is 6.65. The molecule has 366 valence electrons. The van der Waals surface area contributed by atoms with Crippen molar-refractivity contribution in [2.75, 3.05) is 13.6 Å². The number of hydrogen-bond donors (Lipinski definition) is 5. The number of benzene rings is 3. The van der Waals surface area contributed by atoms with E-state index in [9.17, 15) is 33.6 Å². The number of likely N-dealkylation sites (N-methyl/N-ethyl adjacent to an activating group) is 1. The Balaban J connectivity index is 1.84. The number of rotatable bonds is 24. The molecule has 0 saturated heterocycles. The first-order valence-corrected chi connectivity index (χ1v) is 22.6. The number of alkyl carbamates (subject to hydrolysis) is 2. The van der Waals surface area contributed by atoms with Crippen molar-refractivity contribution >= 4 is 41.8 Å². The summed E-state index contributed by atoms with van der Waals surface area (Å²) >= 11 is 0. The Bertz CT molecular complexity index is 2070. The smallest absolute Gasteiger partial charge is 0.408 e. The molecule has 0 aromatic heterocycles. The van der Waals surface area contributed by atoms with Crippen molar-refractivity contribution in [3.8, 4) is 5.75 Å². The van der Waals surface area contributed by atoms with Crippen LogP contribution in [0.2, 0.25) is 0 Å². The van der Waals surface area contributed by atoms with Crippen LogP contribution >= 0.6 is 0 Å². The normalized spacial score (nSPS) is 13.2. The van der Waals surface area contributed by atoms with Gasteiger partial charge in [0.2, 0.25) is 23.6 Å². The molecule has 3 rings (SSSR count). The standard InChI is InChI=1S/C50H70N6O11/c1-33(2)28-40(54-44(59)38(55-48(63)67-50(6,7)8)22-16-17-27-52-47(62)65-32-36-20-14-11-15-21-36)46(61)56(9)41(45(60)53-39(43(51)58)30-42(57)66-49(3,4)5)29-34-23-25-37(26-24-34)64-31-35-18-12-10-13-19-35/h10-15,18-21,23-26,33,38-41H,16-17,22,27-32H2,1-9H3,(H2,51,58)(H,52,62)(H,53,60)(H,54,59)(H,55,63)/t38-,39-,40-,41-/m0/s1. The van der Waals surface area contributed by atoms with E-state index in [1.54, 1.807) is 65.8 Å². The summed E-state index contributed by atoms with van der Waals surface area (Å²) in [6.07, 6.45) is -0.990. The van der Waals surface area contributed by atoms with Crippen LogP contribution in [-0.2, 0) is 57.8 Å². The van der Waals surface area contributed by atoms with Gasteiger partial charge in [-0.1, -0.05) is 86.6 Å². The molecule has 0 radical (unpaired) electrons. The predicted molar refractivity (Wildman–Crippen MR) is 252 cm³/mol. The molecular weight excluding hydrogens is 861 g/mol. The van der Waals surface area contributed by atoms with Gasteiger partial charge in [-0.2, -0.15) is 0 Å². The molecule has 0 aliphatic carbocycles. The SMILES string of the molecule is CC(C)C[C@H](NC(=O)[C@H](CCCCNC(=O)OCc1ccccc1)NC(=O)OC(C)(C)C)C(=O)N(C)[C@@H](Cc1ccc(OCc2ccccc2)cc1)C(=O)N[C@@H](CC(=O)OC(C)(C)C)C(N)=O. The molecule has 17 heteroatoms. The van der Waals surface area contributed by atoms with E-state index in [1.807, 2.05) is 74.5 Å². The largest absolute Gasteiger partial charge is 0.489 e. The van der Waals surface area contributed by atoms with Gasteiger partial charge in [-0.15, -0.1) is 0 Å². The molecule has 3 aromatic carbocycles. The summed E-state index contributed by atoms with van der Waals surface area (Å²) < 4.78 is 22.0. The Morgan fingerprint density at radius 3 is 1.76 bits per heavy atom. The first-order chi connectivity index (χ1) is 31.5.